The average Bonchev–Trinajstić information content (AvgIpc) is 3.11. The number of ether oxygens (including phenoxy) is 2. The van der Waals surface area contributed by atoms with Gasteiger partial charge in [-0.15, -0.1) is 0 Å². The van der Waals surface area contributed by atoms with Gasteiger partial charge in [-0.1, -0.05) is 48.0 Å². The Hall–Kier alpha value is -5.00. The van der Waals surface area contributed by atoms with Crippen molar-refractivity contribution in [2.45, 2.75) is 33.2 Å². The van der Waals surface area contributed by atoms with Crippen LogP contribution >= 0.6 is 11.6 Å². The van der Waals surface area contributed by atoms with Crippen LogP contribution < -0.4 is 21.3 Å². The van der Waals surface area contributed by atoms with Gasteiger partial charge in [0.2, 0.25) is 5.88 Å². The first kappa shape index (κ1) is 33.9. The molecule has 3 aromatic heterocycles. The number of carbonyl (C=O) groups is 1. The van der Waals surface area contributed by atoms with Crippen molar-refractivity contribution < 1.29 is 14.3 Å². The van der Waals surface area contributed by atoms with Crippen LogP contribution in [0.3, 0.4) is 0 Å². The predicted octanol–water partition coefficient (Wildman–Crippen LogP) is 5.85. The van der Waals surface area contributed by atoms with Crippen LogP contribution in [-0.2, 0) is 30.2 Å². The van der Waals surface area contributed by atoms with E-state index >= 15 is 0 Å². The number of esters is 1. The van der Waals surface area contributed by atoms with E-state index in [9.17, 15) is 14.4 Å². The Morgan fingerprint density at radius 2 is 1.69 bits per heavy atom. The molecule has 11 nitrogen and oxygen atoms in total. The lowest BCUT2D eigenvalue weighted by Gasteiger charge is -2.31. The Bertz CT molecular complexity index is 2170. The Morgan fingerprint density at radius 1 is 0.980 bits per heavy atom. The number of nitrogens with zero attached hydrogens (tertiary/aromatic N) is 5. The normalized spacial score (nSPS) is 13.8. The fourth-order valence-corrected chi connectivity index (χ4v) is 6.82. The number of aryl methyl sites for hydroxylation is 1. The Labute approximate surface area is 289 Å². The predicted molar refractivity (Wildman–Crippen MR) is 192 cm³/mol. The van der Waals surface area contributed by atoms with Crippen molar-refractivity contribution in [3.8, 4) is 28.3 Å². The lowest BCUT2D eigenvalue weighted by molar-refractivity contribution is -0.149. The van der Waals surface area contributed by atoms with Gasteiger partial charge >= 0.3 is 11.7 Å². The molecule has 1 saturated heterocycles. The summed E-state index contributed by atoms with van der Waals surface area (Å²) in [6, 6.07) is 17.3. The molecule has 0 unspecified atom stereocenters. The molecule has 2 aromatic carbocycles. The molecule has 1 N–H and O–H groups in total. The third-order valence-electron chi connectivity index (χ3n) is 9.27. The van der Waals surface area contributed by atoms with E-state index in [0.29, 0.717) is 46.5 Å². The number of pyridine rings is 2. The fourth-order valence-electron chi connectivity index (χ4n) is 6.49. The number of halogens is 1. The molecule has 0 aliphatic carbocycles. The zero-order valence-electron chi connectivity index (χ0n) is 28.2. The van der Waals surface area contributed by atoms with Crippen LogP contribution in [0, 0.1) is 12.8 Å². The Balaban J connectivity index is 1.27. The number of likely N-dealkylation sites (tertiary alicyclic amines) is 1. The van der Waals surface area contributed by atoms with Crippen LogP contribution in [0.25, 0.3) is 33.3 Å². The molecule has 49 heavy (non-hydrogen) atoms. The van der Waals surface area contributed by atoms with Crippen molar-refractivity contribution in [3.05, 3.63) is 97.8 Å². The van der Waals surface area contributed by atoms with Crippen LogP contribution in [-0.4, -0.2) is 56.8 Å². The second kappa shape index (κ2) is 14.2. The molecule has 0 spiro atoms. The SMILES string of the molecule is CCOC(=O)C1CCN(Cc2ccc(-c3cccc(-c4cccc(Nc5nccc6c5c(=O)n(C)c(=O)n6C)c4C)c3Cl)nc2OC)CC1. The summed E-state index contributed by atoms with van der Waals surface area (Å²) < 4.78 is 13.5. The number of carbonyl (C=O) groups excluding carboxylic acids is 1. The smallest absolute Gasteiger partial charge is 0.330 e. The number of methoxy groups -OCH3 is 1. The fraction of sp³-hybridized carbons (Fsp3) is 0.324. The number of hydrogen-bond acceptors (Lipinski definition) is 9. The van der Waals surface area contributed by atoms with E-state index in [1.54, 1.807) is 26.4 Å². The van der Waals surface area contributed by atoms with E-state index in [1.165, 1.54) is 11.6 Å². The molecule has 5 aromatic rings. The highest BCUT2D eigenvalue weighted by atomic mass is 35.5. The highest BCUT2D eigenvalue weighted by Crippen LogP contribution is 2.40. The second-order valence-corrected chi connectivity index (χ2v) is 12.6. The lowest BCUT2D eigenvalue weighted by Crippen LogP contribution is -2.37. The van der Waals surface area contributed by atoms with Gasteiger partial charge in [-0.2, -0.15) is 0 Å². The number of hydrogen-bond donors (Lipinski definition) is 1. The van der Waals surface area contributed by atoms with E-state index < -0.39 is 11.2 Å². The van der Waals surface area contributed by atoms with Crippen molar-refractivity contribution in [2.75, 3.05) is 32.1 Å². The van der Waals surface area contributed by atoms with Crippen LogP contribution in [0.1, 0.15) is 30.9 Å². The first-order valence-corrected chi connectivity index (χ1v) is 16.6. The van der Waals surface area contributed by atoms with Crippen LogP contribution in [0.4, 0.5) is 11.5 Å². The van der Waals surface area contributed by atoms with Gasteiger partial charge < -0.3 is 14.8 Å². The van der Waals surface area contributed by atoms with Gasteiger partial charge in [0.05, 0.1) is 35.9 Å². The number of nitrogens with one attached hydrogen (secondary N) is 1. The van der Waals surface area contributed by atoms with Crippen molar-refractivity contribution >= 4 is 40.0 Å². The molecule has 0 amide bonds. The number of rotatable bonds is 9. The molecule has 254 valence electrons. The molecule has 1 fully saturated rings. The molecule has 1 aliphatic heterocycles. The summed E-state index contributed by atoms with van der Waals surface area (Å²) in [7, 11) is 4.70. The van der Waals surface area contributed by atoms with E-state index in [-0.39, 0.29) is 11.9 Å². The van der Waals surface area contributed by atoms with E-state index in [4.69, 9.17) is 26.1 Å². The van der Waals surface area contributed by atoms with Gasteiger partial charge in [-0.3, -0.25) is 23.6 Å². The Kier molecular flexibility index (Phi) is 9.84. The van der Waals surface area contributed by atoms with Crippen LogP contribution in [0.5, 0.6) is 5.88 Å². The molecule has 0 saturated carbocycles. The summed E-state index contributed by atoms with van der Waals surface area (Å²) in [5, 5.41) is 4.20. The maximum atomic E-state index is 13.1. The topological polar surface area (TPSA) is 121 Å². The van der Waals surface area contributed by atoms with Gasteiger partial charge in [0, 0.05) is 49.2 Å². The highest BCUT2D eigenvalue weighted by molar-refractivity contribution is 6.36. The van der Waals surface area contributed by atoms with Gasteiger partial charge in [-0.05, 0) is 69.1 Å². The second-order valence-electron chi connectivity index (χ2n) is 12.2. The van der Waals surface area contributed by atoms with E-state index in [1.807, 2.05) is 62.4 Å². The molecular formula is C37H39ClN6O5. The summed E-state index contributed by atoms with van der Waals surface area (Å²) in [5.41, 5.74) is 5.41. The third kappa shape index (κ3) is 6.56. The summed E-state index contributed by atoms with van der Waals surface area (Å²) in [5.74, 6) is 0.730. The first-order valence-electron chi connectivity index (χ1n) is 16.3. The largest absolute Gasteiger partial charge is 0.481 e. The highest BCUT2D eigenvalue weighted by Gasteiger charge is 2.27. The number of anilines is 2. The summed E-state index contributed by atoms with van der Waals surface area (Å²) in [6.45, 7) is 6.46. The molecular weight excluding hydrogens is 644 g/mol. The number of piperidine rings is 1. The zero-order chi connectivity index (χ0) is 34.8. The molecule has 1 aliphatic rings. The summed E-state index contributed by atoms with van der Waals surface area (Å²) in [6.07, 6.45) is 3.11. The van der Waals surface area contributed by atoms with Crippen LogP contribution in [0.2, 0.25) is 5.02 Å². The van der Waals surface area contributed by atoms with Crippen molar-refractivity contribution in [1.29, 1.82) is 0 Å². The van der Waals surface area contributed by atoms with Crippen LogP contribution in [0.15, 0.2) is 70.4 Å². The first-order chi connectivity index (χ1) is 23.6. The molecule has 12 heteroatoms. The molecule has 4 heterocycles. The molecule has 0 bridgehead atoms. The van der Waals surface area contributed by atoms with E-state index in [2.05, 4.69) is 15.2 Å². The zero-order valence-corrected chi connectivity index (χ0v) is 29.0. The van der Waals surface area contributed by atoms with Crippen molar-refractivity contribution in [1.82, 2.24) is 24.0 Å². The minimum atomic E-state index is -0.425. The van der Waals surface area contributed by atoms with Crippen molar-refractivity contribution in [3.63, 3.8) is 0 Å². The third-order valence-corrected chi connectivity index (χ3v) is 9.68. The minimum absolute atomic E-state index is 0.0476. The monoisotopic (exact) mass is 682 g/mol. The van der Waals surface area contributed by atoms with Crippen molar-refractivity contribution in [2.24, 2.45) is 20.0 Å². The van der Waals surface area contributed by atoms with Gasteiger partial charge in [0.1, 0.15) is 11.2 Å². The standard InChI is InChI=1S/C37H39ClN6O5/c1-6-49-36(46)23-16-19-44(20-17-23)21-24-13-14-29(41-34(24)48-5)27-11-7-10-26(32(27)38)25-9-8-12-28(22(25)2)40-33-31-30(15-18-39-33)42(3)37(47)43(4)35(31)45/h7-15,18,23H,6,16-17,19-21H2,1-5H3,(H,39,40). The Morgan fingerprint density at radius 3 is 2.43 bits per heavy atom. The number of aromatic nitrogens is 4. The van der Waals surface area contributed by atoms with Gasteiger partial charge in [0.15, 0.2) is 0 Å². The average molecular weight is 683 g/mol. The molecule has 6 rings (SSSR count). The minimum Gasteiger partial charge on any atom is -0.481 e. The summed E-state index contributed by atoms with van der Waals surface area (Å²) >= 11 is 7.13. The maximum Gasteiger partial charge on any atom is 0.330 e. The quantitative estimate of drug-likeness (QED) is 0.191. The lowest BCUT2D eigenvalue weighted by atomic mass is 9.96. The van der Waals surface area contributed by atoms with Gasteiger partial charge in [0.25, 0.3) is 5.56 Å². The molecule has 0 atom stereocenters. The number of fused-ring (bicyclic) bond motifs is 1. The number of benzene rings is 2. The van der Waals surface area contributed by atoms with E-state index in [0.717, 1.165) is 64.0 Å². The maximum absolute atomic E-state index is 13.1. The summed E-state index contributed by atoms with van der Waals surface area (Å²) in [4.78, 5) is 49.4. The molecule has 0 radical (unpaired) electrons. The van der Waals surface area contributed by atoms with Gasteiger partial charge in [-0.25, -0.2) is 14.8 Å².